The maximum absolute atomic E-state index is 11.4. The molecule has 42 heavy (non-hydrogen) atoms. The summed E-state index contributed by atoms with van der Waals surface area (Å²) >= 11 is 0. The van der Waals surface area contributed by atoms with Gasteiger partial charge in [0.25, 0.3) is 0 Å². The Kier molecular flexibility index (Phi) is 9.78. The van der Waals surface area contributed by atoms with E-state index in [0.29, 0.717) is 12.3 Å². The van der Waals surface area contributed by atoms with E-state index in [1.165, 1.54) is 17.0 Å². The van der Waals surface area contributed by atoms with E-state index in [1.54, 1.807) is 11.9 Å². The molecule has 3 aromatic carbocycles. The molecule has 6 rings (SSSR count). The summed E-state index contributed by atoms with van der Waals surface area (Å²) in [4.78, 5) is 23.5. The number of aryl methyl sites for hydroxylation is 3. The molecule has 0 aliphatic carbocycles. The van der Waals surface area contributed by atoms with Gasteiger partial charge in [-0.25, -0.2) is 0 Å². The predicted molar refractivity (Wildman–Crippen MR) is 170 cm³/mol. The van der Waals surface area contributed by atoms with Crippen molar-refractivity contribution >= 4 is 45.1 Å². The van der Waals surface area contributed by atoms with Crippen LogP contribution in [0.1, 0.15) is 40.2 Å². The normalized spacial score (nSPS) is 10.6. The van der Waals surface area contributed by atoms with E-state index in [-0.39, 0.29) is 7.33 Å². The van der Waals surface area contributed by atoms with Gasteiger partial charge in [0.15, 0.2) is 12.0 Å². The van der Waals surface area contributed by atoms with Crippen molar-refractivity contribution in [1.29, 1.82) is 0 Å². The molecule has 6 aromatic rings. The molecule has 0 unspecified atom stereocenters. The summed E-state index contributed by atoms with van der Waals surface area (Å²) in [7, 11) is 3.66. The molecule has 0 fully saturated rings. The Balaban J connectivity index is 0.000000178. The van der Waals surface area contributed by atoms with E-state index in [9.17, 15) is 9.59 Å². The number of furan rings is 3. The molecule has 0 bridgehead atoms. The summed E-state index contributed by atoms with van der Waals surface area (Å²) in [5.74, 6) is 2.17. The van der Waals surface area contributed by atoms with E-state index in [4.69, 9.17) is 13.3 Å². The largest absolute Gasteiger partial charge is 0.459 e. The van der Waals surface area contributed by atoms with Gasteiger partial charge in [0.1, 0.15) is 28.3 Å². The van der Waals surface area contributed by atoms with Gasteiger partial charge in [0, 0.05) is 35.8 Å². The van der Waals surface area contributed by atoms with Gasteiger partial charge >= 0.3 is 0 Å². The number of carbonyl (C=O) groups is 2. The van der Waals surface area contributed by atoms with Crippen molar-refractivity contribution in [3.05, 3.63) is 119 Å². The molecule has 7 heteroatoms. The van der Waals surface area contributed by atoms with Crippen LogP contribution in [0.15, 0.2) is 98.7 Å². The Morgan fingerprint density at radius 3 is 1.69 bits per heavy atom. The molecule has 1 amide bonds. The average molecular weight is 568 g/mol. The third kappa shape index (κ3) is 6.53. The fourth-order valence-electron chi connectivity index (χ4n) is 4.68. The number of likely N-dealkylation sites (N-methyl/N-ethyl adjacent to an activating group) is 1. The number of amides is 1. The highest BCUT2D eigenvalue weighted by atomic mass is 16.3. The van der Waals surface area contributed by atoms with Crippen LogP contribution in [-0.2, 0) is 17.9 Å². The first-order valence-corrected chi connectivity index (χ1v) is 13.7. The summed E-state index contributed by atoms with van der Waals surface area (Å²) in [6, 6.07) is 23.6. The molecule has 3 heterocycles. The van der Waals surface area contributed by atoms with Crippen LogP contribution >= 0.6 is 0 Å². The summed E-state index contributed by atoms with van der Waals surface area (Å²) < 4.78 is 16.7. The van der Waals surface area contributed by atoms with Gasteiger partial charge in [0.05, 0.1) is 13.1 Å². The molecule has 0 spiro atoms. The van der Waals surface area contributed by atoms with Crippen LogP contribution in [0, 0.1) is 20.8 Å². The van der Waals surface area contributed by atoms with Crippen molar-refractivity contribution in [2.24, 2.45) is 0 Å². The van der Waals surface area contributed by atoms with E-state index < -0.39 is 0 Å². The lowest BCUT2D eigenvalue weighted by atomic mass is 10.1. The van der Waals surface area contributed by atoms with Crippen LogP contribution in [0.5, 0.6) is 0 Å². The Labute approximate surface area is 246 Å². The SMILES string of the molecule is C=CC(=O)N(C)Cc1oc2ccccc2c1C.CNCc1oc2ccccc2c1C.Cc1c(C=O)oc2ccccc12.[2HH]. The van der Waals surface area contributed by atoms with Gasteiger partial charge in [0.2, 0.25) is 5.91 Å². The first-order chi connectivity index (χ1) is 20.3. The number of nitrogens with one attached hydrogen (secondary N) is 1. The molecule has 1 N–H and O–H groups in total. The molecule has 0 aliphatic rings. The quantitative estimate of drug-likeness (QED) is 0.161. The van der Waals surface area contributed by atoms with Crippen LogP contribution in [-0.4, -0.2) is 31.2 Å². The number of hydrogen-bond acceptors (Lipinski definition) is 6. The van der Waals surface area contributed by atoms with Crippen LogP contribution in [0.2, 0.25) is 0 Å². The van der Waals surface area contributed by atoms with Crippen LogP contribution in [0.25, 0.3) is 32.9 Å². The van der Waals surface area contributed by atoms with E-state index in [1.807, 2.05) is 87.6 Å². The molecular formula is C35H38N2O5. The van der Waals surface area contributed by atoms with Gasteiger partial charge in [-0.1, -0.05) is 61.2 Å². The summed E-state index contributed by atoms with van der Waals surface area (Å²) in [5, 5.41) is 6.42. The third-order valence-electron chi connectivity index (χ3n) is 7.14. The Bertz CT molecular complexity index is 1850. The van der Waals surface area contributed by atoms with Crippen LogP contribution in [0.4, 0.5) is 0 Å². The minimum atomic E-state index is -0.107. The van der Waals surface area contributed by atoms with Gasteiger partial charge in [-0.3, -0.25) is 9.59 Å². The van der Waals surface area contributed by atoms with Gasteiger partial charge in [-0.15, -0.1) is 0 Å². The predicted octanol–water partition coefficient (Wildman–Crippen LogP) is 8.15. The zero-order valence-electron chi connectivity index (χ0n) is 24.7. The Morgan fingerprint density at radius 1 is 0.786 bits per heavy atom. The maximum atomic E-state index is 11.4. The lowest BCUT2D eigenvalue weighted by Crippen LogP contribution is -2.23. The number of para-hydroxylation sites is 3. The third-order valence-corrected chi connectivity index (χ3v) is 7.14. The fraction of sp³-hybridized carbons (Fsp3) is 0.200. The van der Waals surface area contributed by atoms with Crippen LogP contribution in [0.3, 0.4) is 0 Å². The molecule has 0 aliphatic heterocycles. The second-order valence-electron chi connectivity index (χ2n) is 9.93. The first-order valence-electron chi connectivity index (χ1n) is 13.7. The van der Waals surface area contributed by atoms with Gasteiger partial charge in [-0.05, 0) is 57.7 Å². The highest BCUT2D eigenvalue weighted by Gasteiger charge is 2.13. The molecular weight excluding hydrogens is 528 g/mol. The number of nitrogens with zero attached hydrogens (tertiary/aromatic N) is 1. The summed E-state index contributed by atoms with van der Waals surface area (Å²) in [6.45, 7) is 10.7. The minimum absolute atomic E-state index is 0. The zero-order valence-corrected chi connectivity index (χ0v) is 24.7. The molecule has 0 saturated carbocycles. The molecule has 218 valence electrons. The van der Waals surface area contributed by atoms with Crippen molar-refractivity contribution in [3.63, 3.8) is 0 Å². The molecule has 3 aromatic heterocycles. The monoisotopic (exact) mass is 567 g/mol. The summed E-state index contributed by atoms with van der Waals surface area (Å²) in [5.41, 5.74) is 5.86. The molecule has 0 radical (unpaired) electrons. The average Bonchev–Trinajstić information content (AvgIpc) is 3.64. The number of aldehydes is 1. The van der Waals surface area contributed by atoms with Gasteiger partial charge in [-0.2, -0.15) is 0 Å². The number of fused-ring (bicyclic) bond motifs is 3. The van der Waals surface area contributed by atoms with Gasteiger partial charge < -0.3 is 23.5 Å². The van der Waals surface area contributed by atoms with Crippen molar-refractivity contribution in [1.82, 2.24) is 10.2 Å². The number of rotatable bonds is 6. The van der Waals surface area contributed by atoms with E-state index >= 15 is 0 Å². The molecule has 7 nitrogen and oxygen atoms in total. The standard InChI is InChI=1S/C14H15NO2.C11H13NO.C10H8O2.H2/c1-4-14(16)15(3)9-13-10(2)11-7-5-6-8-12(11)17-13;1-8-9-5-3-4-6-10(9)13-11(8)7-12-2;1-7-8-4-2-3-5-9(8)12-10(7)6-11;/h4-8H,1,9H2,2-3H3;3-6,12H,7H2,1-2H3;2-6H,1H3;1H/i;;;1+1. The van der Waals surface area contributed by atoms with Crippen molar-refractivity contribution < 1.29 is 24.3 Å². The number of carbonyl (C=O) groups excluding carboxylic acids is 2. The van der Waals surface area contributed by atoms with Crippen molar-refractivity contribution in [3.8, 4) is 0 Å². The number of benzene rings is 3. The first kappa shape index (κ1) is 30.1. The van der Waals surface area contributed by atoms with E-state index in [0.717, 1.165) is 63.0 Å². The summed E-state index contributed by atoms with van der Waals surface area (Å²) in [6.07, 6.45) is 2.05. The Hall–Kier alpha value is -4.88. The lowest BCUT2D eigenvalue weighted by Gasteiger charge is -2.13. The smallest absolute Gasteiger partial charge is 0.246 e. The highest BCUT2D eigenvalue weighted by molar-refractivity contribution is 5.89. The molecule has 0 saturated heterocycles. The van der Waals surface area contributed by atoms with Crippen molar-refractivity contribution in [2.75, 3.05) is 14.1 Å². The lowest BCUT2D eigenvalue weighted by molar-refractivity contribution is -0.125. The topological polar surface area (TPSA) is 88.8 Å². The van der Waals surface area contributed by atoms with Crippen molar-refractivity contribution in [2.45, 2.75) is 33.9 Å². The Morgan fingerprint density at radius 2 is 1.24 bits per heavy atom. The minimum Gasteiger partial charge on any atom is -0.459 e. The second kappa shape index (κ2) is 13.7. The highest BCUT2D eigenvalue weighted by Crippen LogP contribution is 2.26. The zero-order chi connectivity index (χ0) is 30.2. The maximum Gasteiger partial charge on any atom is 0.246 e. The van der Waals surface area contributed by atoms with E-state index in [2.05, 4.69) is 24.9 Å². The second-order valence-corrected chi connectivity index (χ2v) is 9.93. The fourth-order valence-corrected chi connectivity index (χ4v) is 4.68. The van der Waals surface area contributed by atoms with Crippen LogP contribution < -0.4 is 5.32 Å². The number of hydrogen-bond donors (Lipinski definition) is 1. The molecule has 0 atom stereocenters.